The molecule has 0 fully saturated rings. The van der Waals surface area contributed by atoms with E-state index in [1.54, 1.807) is 6.07 Å². The van der Waals surface area contributed by atoms with Crippen LogP contribution in [0.2, 0.25) is 0 Å². The molecule has 0 saturated heterocycles. The van der Waals surface area contributed by atoms with Gasteiger partial charge < -0.3 is 5.43 Å². The van der Waals surface area contributed by atoms with Crippen LogP contribution < -0.4 is 5.43 Å². The normalized spacial score (nSPS) is 10.9. The van der Waals surface area contributed by atoms with Crippen LogP contribution in [0.25, 0.3) is 0 Å². The number of nitrogens with one attached hydrogen (secondary N) is 1. The number of aromatic nitrogens is 1. The van der Waals surface area contributed by atoms with Crippen LogP contribution in [0.15, 0.2) is 36.4 Å². The molecule has 96 valence electrons. The highest BCUT2D eigenvalue weighted by Gasteiger charge is 2.07. The third-order valence-electron chi connectivity index (χ3n) is 2.92. The van der Waals surface area contributed by atoms with Gasteiger partial charge >= 0.3 is 0 Å². The summed E-state index contributed by atoms with van der Waals surface area (Å²) < 4.78 is 27.1. The van der Waals surface area contributed by atoms with Crippen molar-refractivity contribution in [3.63, 3.8) is 0 Å². The molecule has 2 rings (SSSR count). The Morgan fingerprint density at radius 2 is 1.78 bits per heavy atom. The highest BCUT2D eigenvalue weighted by atomic mass is 19.3. The first-order chi connectivity index (χ1) is 8.58. The number of alkyl halides is 2. The summed E-state index contributed by atoms with van der Waals surface area (Å²) in [6.45, 7) is 4.52. The summed E-state index contributed by atoms with van der Waals surface area (Å²) in [5.41, 5.74) is 6.32. The largest absolute Gasteiger partial charge is 0.322 e. The SMILES string of the molecule is Cc1ccc(C)n1NCc1cccc(C(F)F)c1. The minimum absolute atomic E-state index is 0.0650. The smallest absolute Gasteiger partial charge is 0.263 e. The van der Waals surface area contributed by atoms with Gasteiger partial charge in [-0.1, -0.05) is 18.2 Å². The number of nitrogens with zero attached hydrogens (tertiary/aromatic N) is 1. The summed E-state index contributed by atoms with van der Waals surface area (Å²) in [6.07, 6.45) is -2.42. The Bertz CT molecular complexity index is 513. The van der Waals surface area contributed by atoms with Crippen molar-refractivity contribution in [2.45, 2.75) is 26.8 Å². The number of hydrogen-bond acceptors (Lipinski definition) is 1. The summed E-state index contributed by atoms with van der Waals surface area (Å²) in [5, 5.41) is 0. The van der Waals surface area contributed by atoms with Gasteiger partial charge in [-0.3, -0.25) is 4.68 Å². The van der Waals surface area contributed by atoms with Crippen molar-refractivity contribution in [3.8, 4) is 0 Å². The van der Waals surface area contributed by atoms with E-state index in [4.69, 9.17) is 0 Å². The molecule has 18 heavy (non-hydrogen) atoms. The molecule has 0 aliphatic heterocycles. The molecule has 1 N–H and O–H groups in total. The van der Waals surface area contributed by atoms with Gasteiger partial charge in [0.15, 0.2) is 0 Å². The first-order valence-electron chi connectivity index (χ1n) is 5.84. The van der Waals surface area contributed by atoms with E-state index >= 15 is 0 Å². The molecule has 0 spiro atoms. The fourth-order valence-electron chi connectivity index (χ4n) is 1.93. The number of rotatable bonds is 4. The van der Waals surface area contributed by atoms with Crippen LogP contribution in [-0.2, 0) is 6.54 Å². The van der Waals surface area contributed by atoms with Crippen molar-refractivity contribution < 1.29 is 8.78 Å². The van der Waals surface area contributed by atoms with Gasteiger partial charge in [0.2, 0.25) is 0 Å². The van der Waals surface area contributed by atoms with Crippen molar-refractivity contribution in [2.75, 3.05) is 5.43 Å². The quantitative estimate of drug-likeness (QED) is 0.873. The second-order valence-corrected chi connectivity index (χ2v) is 4.33. The van der Waals surface area contributed by atoms with E-state index in [0.717, 1.165) is 17.0 Å². The molecule has 0 unspecified atom stereocenters. The lowest BCUT2D eigenvalue weighted by Crippen LogP contribution is -2.16. The number of halogens is 2. The first-order valence-corrected chi connectivity index (χ1v) is 5.84. The standard InChI is InChI=1S/C14H16F2N2/c1-10-6-7-11(2)18(10)17-9-12-4-3-5-13(8-12)14(15)16/h3-8,14,17H,9H2,1-2H3. The third kappa shape index (κ3) is 2.70. The molecule has 1 heterocycles. The predicted molar refractivity (Wildman–Crippen MR) is 68.4 cm³/mol. The molecular formula is C14H16F2N2. The van der Waals surface area contributed by atoms with E-state index < -0.39 is 6.43 Å². The van der Waals surface area contributed by atoms with E-state index in [1.165, 1.54) is 12.1 Å². The summed E-state index contributed by atoms with van der Waals surface area (Å²) in [6, 6.07) is 10.5. The van der Waals surface area contributed by atoms with Gasteiger partial charge in [-0.05, 0) is 37.6 Å². The van der Waals surface area contributed by atoms with Gasteiger partial charge in [0.25, 0.3) is 6.43 Å². The van der Waals surface area contributed by atoms with Crippen molar-refractivity contribution in [1.82, 2.24) is 4.68 Å². The van der Waals surface area contributed by atoms with Crippen molar-refractivity contribution in [1.29, 1.82) is 0 Å². The predicted octanol–water partition coefficient (Wildman–Crippen LogP) is 3.79. The van der Waals surface area contributed by atoms with E-state index in [1.807, 2.05) is 36.7 Å². The molecule has 2 nitrogen and oxygen atoms in total. The zero-order chi connectivity index (χ0) is 13.1. The van der Waals surface area contributed by atoms with Crippen LogP contribution in [-0.4, -0.2) is 4.68 Å². The maximum absolute atomic E-state index is 12.6. The van der Waals surface area contributed by atoms with Crippen molar-refractivity contribution in [3.05, 3.63) is 58.9 Å². The highest BCUT2D eigenvalue weighted by Crippen LogP contribution is 2.19. The van der Waals surface area contributed by atoms with E-state index in [2.05, 4.69) is 5.43 Å². The molecule has 0 radical (unpaired) electrons. The lowest BCUT2D eigenvalue weighted by Gasteiger charge is -2.13. The fourth-order valence-corrected chi connectivity index (χ4v) is 1.93. The van der Waals surface area contributed by atoms with E-state index in [9.17, 15) is 8.78 Å². The van der Waals surface area contributed by atoms with E-state index in [-0.39, 0.29) is 5.56 Å². The molecular weight excluding hydrogens is 234 g/mol. The van der Waals surface area contributed by atoms with Crippen LogP contribution in [0.4, 0.5) is 8.78 Å². The maximum Gasteiger partial charge on any atom is 0.263 e. The Kier molecular flexibility index (Phi) is 3.65. The Labute approximate surface area is 105 Å². The molecule has 1 aromatic carbocycles. The first kappa shape index (κ1) is 12.6. The second kappa shape index (κ2) is 5.21. The van der Waals surface area contributed by atoms with Crippen LogP contribution in [0.3, 0.4) is 0 Å². The summed E-state index contributed by atoms with van der Waals surface area (Å²) >= 11 is 0. The molecule has 0 saturated carbocycles. The molecule has 0 aliphatic carbocycles. The lowest BCUT2D eigenvalue weighted by atomic mass is 10.1. The summed E-state index contributed by atoms with van der Waals surface area (Å²) in [7, 11) is 0. The summed E-state index contributed by atoms with van der Waals surface area (Å²) in [5.74, 6) is 0. The Morgan fingerprint density at radius 1 is 1.11 bits per heavy atom. The highest BCUT2D eigenvalue weighted by molar-refractivity contribution is 5.25. The number of aryl methyl sites for hydroxylation is 2. The van der Waals surface area contributed by atoms with Crippen LogP contribution in [0, 0.1) is 13.8 Å². The molecule has 2 aromatic rings. The van der Waals surface area contributed by atoms with Crippen molar-refractivity contribution >= 4 is 0 Å². The average Bonchev–Trinajstić information content (AvgIpc) is 2.67. The van der Waals surface area contributed by atoms with Crippen LogP contribution in [0.5, 0.6) is 0 Å². The molecule has 0 aliphatic rings. The fraction of sp³-hybridized carbons (Fsp3) is 0.286. The second-order valence-electron chi connectivity index (χ2n) is 4.33. The zero-order valence-corrected chi connectivity index (χ0v) is 10.5. The zero-order valence-electron chi connectivity index (χ0n) is 10.5. The number of benzene rings is 1. The van der Waals surface area contributed by atoms with Gasteiger partial charge in [0.1, 0.15) is 0 Å². The van der Waals surface area contributed by atoms with Gasteiger partial charge in [-0.15, -0.1) is 0 Å². The van der Waals surface area contributed by atoms with Gasteiger partial charge in [-0.25, -0.2) is 8.78 Å². The van der Waals surface area contributed by atoms with Gasteiger partial charge in [-0.2, -0.15) is 0 Å². The molecule has 0 bridgehead atoms. The van der Waals surface area contributed by atoms with Crippen molar-refractivity contribution in [2.24, 2.45) is 0 Å². The molecule has 1 aromatic heterocycles. The maximum atomic E-state index is 12.6. The van der Waals surface area contributed by atoms with Crippen LogP contribution >= 0.6 is 0 Å². The average molecular weight is 250 g/mol. The lowest BCUT2D eigenvalue weighted by molar-refractivity contribution is 0.151. The number of hydrogen-bond donors (Lipinski definition) is 1. The monoisotopic (exact) mass is 250 g/mol. The summed E-state index contributed by atoms with van der Waals surface area (Å²) in [4.78, 5) is 0. The topological polar surface area (TPSA) is 17.0 Å². The Balaban J connectivity index is 2.09. The molecule has 0 amide bonds. The van der Waals surface area contributed by atoms with Gasteiger partial charge in [0, 0.05) is 17.0 Å². The minimum Gasteiger partial charge on any atom is -0.322 e. The Morgan fingerprint density at radius 3 is 2.39 bits per heavy atom. The Hall–Kier alpha value is -1.84. The minimum atomic E-state index is -2.42. The molecule has 4 heteroatoms. The third-order valence-corrected chi connectivity index (χ3v) is 2.92. The van der Waals surface area contributed by atoms with E-state index in [0.29, 0.717) is 6.54 Å². The molecule has 0 atom stereocenters. The van der Waals surface area contributed by atoms with Gasteiger partial charge in [0.05, 0.1) is 6.54 Å². The van der Waals surface area contributed by atoms with Crippen LogP contribution in [0.1, 0.15) is 28.9 Å².